The van der Waals surface area contributed by atoms with Gasteiger partial charge in [-0.3, -0.25) is 0 Å². The molecule has 18 heavy (non-hydrogen) atoms. The molecule has 2 aromatic rings. The van der Waals surface area contributed by atoms with E-state index in [2.05, 4.69) is 46.7 Å². The highest BCUT2D eigenvalue weighted by atomic mass is 15.6. The third-order valence-electron chi connectivity index (χ3n) is 3.02. The summed E-state index contributed by atoms with van der Waals surface area (Å²) in [6.07, 6.45) is 2.04. The highest BCUT2D eigenvalue weighted by Gasteiger charge is 2.14. The van der Waals surface area contributed by atoms with Crippen molar-refractivity contribution in [3.05, 3.63) is 17.8 Å². The Hall–Kier alpha value is -1.56. The maximum absolute atomic E-state index is 4.41. The predicted octanol–water partition coefficient (Wildman–Crippen LogP) is 1.09. The van der Waals surface area contributed by atoms with Crippen LogP contribution in [0.15, 0.2) is 12.1 Å². The number of nitrogens with zero attached hydrogens (tertiary/aromatic N) is 5. The van der Waals surface area contributed by atoms with E-state index >= 15 is 0 Å². The van der Waals surface area contributed by atoms with E-state index in [1.807, 2.05) is 12.1 Å². The molecule has 6 nitrogen and oxygen atoms in total. The highest BCUT2D eigenvalue weighted by molar-refractivity contribution is 5.33. The Morgan fingerprint density at radius 3 is 2.89 bits per heavy atom. The second-order valence-corrected chi connectivity index (χ2v) is 4.86. The standard InChI is InChI=1S/C12H20N6/c1-4-7-13-11(9(2)3)8-10-5-6-12-14-16-17-18(12)15-10/h5-6,9,11,13H,4,7-8H2,1-3H3. The monoisotopic (exact) mass is 248 g/mol. The minimum atomic E-state index is 0.436. The summed E-state index contributed by atoms with van der Waals surface area (Å²) < 4.78 is 1.48. The molecule has 1 atom stereocenters. The van der Waals surface area contributed by atoms with Gasteiger partial charge in [0.15, 0.2) is 5.65 Å². The molecule has 0 amide bonds. The summed E-state index contributed by atoms with van der Waals surface area (Å²) in [7, 11) is 0. The maximum atomic E-state index is 4.41. The van der Waals surface area contributed by atoms with Crippen molar-refractivity contribution in [3.63, 3.8) is 0 Å². The molecule has 1 unspecified atom stereocenters. The molecule has 0 fully saturated rings. The van der Waals surface area contributed by atoms with Gasteiger partial charge in [-0.05, 0) is 41.4 Å². The third kappa shape index (κ3) is 3.01. The van der Waals surface area contributed by atoms with Crippen LogP contribution in [0.25, 0.3) is 5.65 Å². The van der Waals surface area contributed by atoms with Crippen LogP contribution in [0.2, 0.25) is 0 Å². The number of aromatic nitrogens is 5. The van der Waals surface area contributed by atoms with Crippen molar-refractivity contribution in [1.29, 1.82) is 0 Å². The van der Waals surface area contributed by atoms with Crippen LogP contribution in [-0.4, -0.2) is 37.8 Å². The molecule has 6 heteroatoms. The largest absolute Gasteiger partial charge is 0.313 e. The number of hydrogen-bond donors (Lipinski definition) is 1. The van der Waals surface area contributed by atoms with E-state index in [1.54, 1.807) is 0 Å². The highest BCUT2D eigenvalue weighted by Crippen LogP contribution is 2.09. The van der Waals surface area contributed by atoms with E-state index in [1.165, 1.54) is 4.63 Å². The van der Waals surface area contributed by atoms with Crippen molar-refractivity contribution in [3.8, 4) is 0 Å². The molecule has 1 N–H and O–H groups in total. The van der Waals surface area contributed by atoms with Crippen LogP contribution in [0.1, 0.15) is 32.9 Å². The molecular formula is C12H20N6. The quantitative estimate of drug-likeness (QED) is 0.828. The first-order chi connectivity index (χ1) is 8.70. The first kappa shape index (κ1) is 12.9. The van der Waals surface area contributed by atoms with Gasteiger partial charge in [-0.1, -0.05) is 20.8 Å². The average molecular weight is 248 g/mol. The first-order valence-electron chi connectivity index (χ1n) is 6.48. The normalized spacial score (nSPS) is 13.3. The van der Waals surface area contributed by atoms with Gasteiger partial charge in [0.05, 0.1) is 5.69 Å². The zero-order valence-corrected chi connectivity index (χ0v) is 11.2. The molecular weight excluding hydrogens is 228 g/mol. The molecule has 0 spiro atoms. The summed E-state index contributed by atoms with van der Waals surface area (Å²) in [4.78, 5) is 0. The Bertz CT molecular complexity index is 492. The third-order valence-corrected chi connectivity index (χ3v) is 3.02. The predicted molar refractivity (Wildman–Crippen MR) is 69.2 cm³/mol. The summed E-state index contributed by atoms with van der Waals surface area (Å²) in [5, 5.41) is 19.2. The Kier molecular flexibility index (Phi) is 4.19. The second kappa shape index (κ2) is 5.86. The maximum Gasteiger partial charge on any atom is 0.199 e. The Balaban J connectivity index is 2.09. The van der Waals surface area contributed by atoms with Crippen molar-refractivity contribution in [1.82, 2.24) is 30.6 Å². The van der Waals surface area contributed by atoms with Crippen molar-refractivity contribution < 1.29 is 0 Å². The van der Waals surface area contributed by atoms with E-state index in [4.69, 9.17) is 0 Å². The summed E-state index contributed by atoms with van der Waals surface area (Å²) >= 11 is 0. The Labute approximate surface area is 107 Å². The number of rotatable bonds is 6. The summed E-state index contributed by atoms with van der Waals surface area (Å²) in [5.41, 5.74) is 1.69. The molecule has 98 valence electrons. The molecule has 0 aliphatic heterocycles. The molecule has 0 saturated carbocycles. The topological polar surface area (TPSA) is 68.0 Å². The second-order valence-electron chi connectivity index (χ2n) is 4.86. The average Bonchev–Trinajstić information content (AvgIpc) is 2.81. The molecule has 2 rings (SSSR count). The number of tetrazole rings is 1. The number of nitrogens with one attached hydrogen (secondary N) is 1. The van der Waals surface area contributed by atoms with Crippen LogP contribution < -0.4 is 5.32 Å². The number of hydrogen-bond acceptors (Lipinski definition) is 5. The van der Waals surface area contributed by atoms with Gasteiger partial charge in [-0.15, -0.1) is 9.73 Å². The van der Waals surface area contributed by atoms with Gasteiger partial charge in [-0.25, -0.2) is 0 Å². The van der Waals surface area contributed by atoms with Gasteiger partial charge in [0.25, 0.3) is 0 Å². The fraction of sp³-hybridized carbons (Fsp3) is 0.667. The SMILES string of the molecule is CCCNC(Cc1ccc2nnnn2n1)C(C)C. The van der Waals surface area contributed by atoms with Crippen LogP contribution >= 0.6 is 0 Å². The van der Waals surface area contributed by atoms with Crippen molar-refractivity contribution in [2.75, 3.05) is 6.54 Å². The minimum absolute atomic E-state index is 0.436. The van der Waals surface area contributed by atoms with Gasteiger partial charge in [0.1, 0.15) is 0 Å². The molecule has 0 aliphatic carbocycles. The molecule has 0 radical (unpaired) electrons. The van der Waals surface area contributed by atoms with Crippen molar-refractivity contribution in [2.24, 2.45) is 5.92 Å². The zero-order valence-electron chi connectivity index (χ0n) is 11.2. The summed E-state index contributed by atoms with van der Waals surface area (Å²) in [6, 6.07) is 4.33. The molecule has 0 aromatic carbocycles. The Morgan fingerprint density at radius 1 is 1.33 bits per heavy atom. The van der Waals surface area contributed by atoms with Crippen LogP contribution in [-0.2, 0) is 6.42 Å². The van der Waals surface area contributed by atoms with E-state index in [-0.39, 0.29) is 0 Å². The van der Waals surface area contributed by atoms with Crippen LogP contribution in [0, 0.1) is 5.92 Å². The molecule has 2 aromatic heterocycles. The van der Waals surface area contributed by atoms with Crippen molar-refractivity contribution >= 4 is 5.65 Å². The molecule has 2 heterocycles. The zero-order chi connectivity index (χ0) is 13.0. The molecule has 0 aliphatic rings. The van der Waals surface area contributed by atoms with Crippen LogP contribution in [0.4, 0.5) is 0 Å². The van der Waals surface area contributed by atoms with Crippen LogP contribution in [0.3, 0.4) is 0 Å². The van der Waals surface area contributed by atoms with Gasteiger partial charge in [0.2, 0.25) is 0 Å². The lowest BCUT2D eigenvalue weighted by atomic mass is 9.99. The van der Waals surface area contributed by atoms with Gasteiger partial charge in [0, 0.05) is 12.5 Å². The summed E-state index contributed by atoms with van der Waals surface area (Å²) in [5.74, 6) is 0.572. The van der Waals surface area contributed by atoms with Gasteiger partial charge < -0.3 is 5.32 Å². The minimum Gasteiger partial charge on any atom is -0.313 e. The number of fused-ring (bicyclic) bond motifs is 1. The first-order valence-corrected chi connectivity index (χ1v) is 6.48. The Morgan fingerprint density at radius 2 is 2.17 bits per heavy atom. The fourth-order valence-corrected chi connectivity index (χ4v) is 1.89. The van der Waals surface area contributed by atoms with E-state index in [0.29, 0.717) is 17.6 Å². The van der Waals surface area contributed by atoms with Gasteiger partial charge >= 0.3 is 0 Å². The van der Waals surface area contributed by atoms with Crippen LogP contribution in [0.5, 0.6) is 0 Å². The fourth-order valence-electron chi connectivity index (χ4n) is 1.89. The van der Waals surface area contributed by atoms with E-state index in [0.717, 1.165) is 25.1 Å². The lowest BCUT2D eigenvalue weighted by Gasteiger charge is -2.21. The summed E-state index contributed by atoms with van der Waals surface area (Å²) in [6.45, 7) is 7.66. The van der Waals surface area contributed by atoms with E-state index < -0.39 is 0 Å². The van der Waals surface area contributed by atoms with E-state index in [9.17, 15) is 0 Å². The molecule has 0 saturated heterocycles. The lowest BCUT2D eigenvalue weighted by molar-refractivity contribution is 0.392. The molecule has 0 bridgehead atoms. The van der Waals surface area contributed by atoms with Gasteiger partial charge in [-0.2, -0.15) is 5.10 Å². The van der Waals surface area contributed by atoms with Crippen molar-refractivity contribution in [2.45, 2.75) is 39.7 Å². The lowest BCUT2D eigenvalue weighted by Crippen LogP contribution is -2.36. The smallest absolute Gasteiger partial charge is 0.199 e.